The van der Waals surface area contributed by atoms with Gasteiger partial charge >= 0.3 is 0 Å². The van der Waals surface area contributed by atoms with Gasteiger partial charge in [0.25, 0.3) is 0 Å². The molecule has 1 unspecified atom stereocenters. The van der Waals surface area contributed by atoms with Crippen LogP contribution in [0.1, 0.15) is 74.2 Å². The lowest BCUT2D eigenvalue weighted by Gasteiger charge is -2.28. The highest BCUT2D eigenvalue weighted by Gasteiger charge is 2.61. The molecular weight excluding hydrogens is 595 g/mol. The third-order valence-corrected chi connectivity index (χ3v) is 9.21. The van der Waals surface area contributed by atoms with Crippen LogP contribution < -0.4 is 15.4 Å². The number of halogens is 1. The Morgan fingerprint density at radius 1 is 1.11 bits per heavy atom. The molecule has 12 heteroatoms. The highest BCUT2D eigenvalue weighted by atomic mass is 19.1. The summed E-state index contributed by atoms with van der Waals surface area (Å²) in [7, 11) is 0. The number of nitrogens with one attached hydrogen (secondary N) is 2. The Hall–Kier alpha value is -4.55. The molecular formula is C34H35FN4O7. The van der Waals surface area contributed by atoms with Gasteiger partial charge in [0.05, 0.1) is 6.61 Å². The second kappa shape index (κ2) is 11.1. The average molecular weight is 631 g/mol. The summed E-state index contributed by atoms with van der Waals surface area (Å²) in [6.45, 7) is 6.97. The molecule has 0 radical (unpaired) electrons. The predicted molar refractivity (Wildman–Crippen MR) is 162 cm³/mol. The molecule has 1 amide bonds. The molecule has 7 rings (SSSR count). The summed E-state index contributed by atoms with van der Waals surface area (Å²) in [6, 6.07) is 9.31. The first-order chi connectivity index (χ1) is 22.0. The largest absolute Gasteiger partial charge is 0.469 e. The molecule has 4 aromatic rings. The molecule has 2 aromatic carbocycles. The van der Waals surface area contributed by atoms with Crippen molar-refractivity contribution in [3.05, 3.63) is 82.5 Å². The zero-order valence-electron chi connectivity index (χ0n) is 25.8. The van der Waals surface area contributed by atoms with Gasteiger partial charge in [-0.3, -0.25) is 9.59 Å². The number of amides is 1. The maximum Gasteiger partial charge on any atom is 0.249 e. The molecule has 0 saturated carbocycles. The number of aliphatic hydroxyl groups excluding tert-OH is 2. The van der Waals surface area contributed by atoms with E-state index in [4.69, 9.17) is 18.6 Å². The van der Waals surface area contributed by atoms with Gasteiger partial charge in [0.1, 0.15) is 41.1 Å². The molecule has 4 bridgehead atoms. The number of nitrogens with zero attached hydrogens (tertiary/aromatic N) is 2. The minimum Gasteiger partial charge on any atom is -0.469 e. The molecule has 4 N–H and O–H groups in total. The van der Waals surface area contributed by atoms with Crippen molar-refractivity contribution < 1.29 is 37.8 Å². The number of benzene rings is 2. The zero-order chi connectivity index (χ0) is 32.5. The van der Waals surface area contributed by atoms with Gasteiger partial charge in [-0.1, -0.05) is 45.9 Å². The van der Waals surface area contributed by atoms with Gasteiger partial charge in [-0.25, -0.2) is 14.4 Å². The number of oxazole rings is 2. The molecule has 46 heavy (non-hydrogen) atoms. The van der Waals surface area contributed by atoms with E-state index in [1.165, 1.54) is 18.4 Å². The number of hydrogen-bond donors (Lipinski definition) is 4. The summed E-state index contributed by atoms with van der Waals surface area (Å²) in [6.07, 6.45) is -0.586. The van der Waals surface area contributed by atoms with Crippen molar-refractivity contribution in [1.29, 1.82) is 0 Å². The van der Waals surface area contributed by atoms with Gasteiger partial charge in [0.15, 0.2) is 23.5 Å². The van der Waals surface area contributed by atoms with Crippen molar-refractivity contribution in [2.75, 3.05) is 5.32 Å². The van der Waals surface area contributed by atoms with Crippen LogP contribution in [-0.4, -0.2) is 44.2 Å². The first kappa shape index (κ1) is 30.1. The highest BCUT2D eigenvalue weighted by molar-refractivity contribution is 5.89. The number of hydrogen-bond acceptors (Lipinski definition) is 10. The lowest BCUT2D eigenvalue weighted by molar-refractivity contribution is -0.135. The molecule has 2 aromatic heterocycles. The predicted octanol–water partition coefficient (Wildman–Crippen LogP) is 4.40. The van der Waals surface area contributed by atoms with Crippen LogP contribution in [0.5, 0.6) is 5.75 Å². The number of ketones is 1. The van der Waals surface area contributed by atoms with Gasteiger partial charge in [-0.05, 0) is 47.6 Å². The fourth-order valence-corrected chi connectivity index (χ4v) is 6.81. The Bertz CT molecular complexity index is 1850. The number of rotatable bonds is 7. The molecule has 5 atom stereocenters. The van der Waals surface area contributed by atoms with Crippen molar-refractivity contribution >= 4 is 17.4 Å². The van der Waals surface area contributed by atoms with E-state index in [0.717, 1.165) is 5.56 Å². The van der Waals surface area contributed by atoms with E-state index in [1.807, 2.05) is 32.0 Å². The average Bonchev–Trinajstić information content (AvgIpc) is 3.79. The van der Waals surface area contributed by atoms with Gasteiger partial charge in [-0.15, -0.1) is 0 Å². The molecule has 0 fully saturated rings. The van der Waals surface area contributed by atoms with Crippen LogP contribution >= 0.6 is 0 Å². The van der Waals surface area contributed by atoms with Gasteiger partial charge in [0, 0.05) is 23.6 Å². The van der Waals surface area contributed by atoms with E-state index < -0.39 is 41.3 Å². The second-order valence-electron chi connectivity index (χ2n) is 13.0. The van der Waals surface area contributed by atoms with E-state index in [9.17, 15) is 24.2 Å². The monoisotopic (exact) mass is 630 g/mol. The SMILES string of the molecule is CC(C)[C@H](O)C(=O)C[C@H]1Cc2ccc3c(c2)C2(c4ccc(F)cc4N[C@H]2O3)c2oc(nc2-c2nc(CO)co2)[C@H](C(C)C)NC1=O. The molecule has 0 saturated heterocycles. The van der Waals surface area contributed by atoms with Crippen LogP contribution in [0.15, 0.2) is 51.5 Å². The third kappa shape index (κ3) is 4.61. The van der Waals surface area contributed by atoms with E-state index in [1.54, 1.807) is 19.9 Å². The first-order valence-corrected chi connectivity index (χ1v) is 15.5. The van der Waals surface area contributed by atoms with E-state index in [2.05, 4.69) is 15.6 Å². The minimum absolute atomic E-state index is 0.0946. The number of carbonyl (C=O) groups excluding carboxylic acids is 2. The molecule has 0 aliphatic carbocycles. The summed E-state index contributed by atoms with van der Waals surface area (Å²) < 4.78 is 33.5. The van der Waals surface area contributed by atoms with E-state index in [0.29, 0.717) is 34.0 Å². The van der Waals surface area contributed by atoms with Crippen molar-refractivity contribution in [2.45, 2.75) is 70.9 Å². The molecule has 3 aliphatic rings. The number of anilines is 1. The number of fused-ring (bicyclic) bond motifs is 4. The summed E-state index contributed by atoms with van der Waals surface area (Å²) in [5, 5.41) is 26.7. The summed E-state index contributed by atoms with van der Waals surface area (Å²) in [5.74, 6) is -1.38. The summed E-state index contributed by atoms with van der Waals surface area (Å²) in [5.41, 5.74) is 1.99. The minimum atomic E-state index is -1.20. The van der Waals surface area contributed by atoms with Crippen LogP contribution in [0.25, 0.3) is 11.6 Å². The van der Waals surface area contributed by atoms with Crippen LogP contribution in [0.2, 0.25) is 0 Å². The van der Waals surface area contributed by atoms with Crippen molar-refractivity contribution in [1.82, 2.24) is 15.3 Å². The number of ether oxygens (including phenoxy) is 1. The van der Waals surface area contributed by atoms with E-state index in [-0.39, 0.29) is 54.7 Å². The van der Waals surface area contributed by atoms with Crippen LogP contribution in [-0.2, 0) is 28.0 Å². The Kier molecular flexibility index (Phi) is 7.24. The van der Waals surface area contributed by atoms with Crippen LogP contribution in [0.4, 0.5) is 10.1 Å². The van der Waals surface area contributed by atoms with Crippen LogP contribution in [0.3, 0.4) is 0 Å². The molecule has 3 aliphatic heterocycles. The normalized spacial score (nSPS) is 23.6. The lowest BCUT2D eigenvalue weighted by Crippen LogP contribution is -2.41. The van der Waals surface area contributed by atoms with Crippen molar-refractivity contribution in [3.8, 4) is 17.3 Å². The lowest BCUT2D eigenvalue weighted by atomic mass is 9.72. The Balaban J connectivity index is 1.49. The Labute approximate surface area is 264 Å². The molecule has 1 spiro atoms. The fraction of sp³-hybridized carbons (Fsp3) is 0.412. The summed E-state index contributed by atoms with van der Waals surface area (Å²) >= 11 is 0. The van der Waals surface area contributed by atoms with Crippen LogP contribution in [0, 0.1) is 23.6 Å². The number of carbonyl (C=O) groups is 2. The third-order valence-electron chi connectivity index (χ3n) is 9.21. The highest BCUT2D eigenvalue weighted by Crippen LogP contribution is 2.59. The number of Topliss-reactive ketones (excluding diaryl/α,β-unsaturated/α-hetero) is 1. The fourth-order valence-electron chi connectivity index (χ4n) is 6.81. The summed E-state index contributed by atoms with van der Waals surface area (Å²) in [4.78, 5) is 36.4. The van der Waals surface area contributed by atoms with Gasteiger partial charge in [-0.2, -0.15) is 0 Å². The maximum atomic E-state index is 14.6. The zero-order valence-corrected chi connectivity index (χ0v) is 25.8. The number of aromatic nitrogens is 2. The quantitative estimate of drug-likeness (QED) is 0.231. The molecule has 11 nitrogen and oxygen atoms in total. The first-order valence-electron chi connectivity index (χ1n) is 15.5. The maximum absolute atomic E-state index is 14.6. The Morgan fingerprint density at radius 3 is 2.63 bits per heavy atom. The van der Waals surface area contributed by atoms with Crippen molar-refractivity contribution in [2.24, 2.45) is 17.8 Å². The Morgan fingerprint density at radius 2 is 1.91 bits per heavy atom. The van der Waals surface area contributed by atoms with E-state index >= 15 is 0 Å². The van der Waals surface area contributed by atoms with Crippen molar-refractivity contribution in [3.63, 3.8) is 0 Å². The molecule has 240 valence electrons. The molecule has 5 heterocycles. The number of aliphatic hydroxyl groups is 2. The van der Waals surface area contributed by atoms with Gasteiger partial charge in [0.2, 0.25) is 17.7 Å². The second-order valence-corrected chi connectivity index (χ2v) is 13.0. The topological polar surface area (TPSA) is 160 Å². The smallest absolute Gasteiger partial charge is 0.249 e. The van der Waals surface area contributed by atoms with Gasteiger partial charge < -0.3 is 34.4 Å². The standard InChI is InChI=1S/C34H35FN4O7/c1-15(2)26-32-39-27(31-36-20(13-40)14-44-31)29(46-32)34-21-7-6-19(35)12-23(21)37-33(34)45-25-8-5-17(10-22(25)34)9-18(30(43)38-26)11-24(41)28(42)16(3)4/h5-8,10,12,14-16,18,26,28,33,37,40,42H,9,11,13H2,1-4H3,(H,38,43)/t18-,26+,28+,33+,34?/m1/s1.